The highest BCUT2D eigenvalue weighted by Gasteiger charge is 2.26. The number of nitrogens with one attached hydrogen (secondary N) is 1. The van der Waals surface area contributed by atoms with E-state index in [2.05, 4.69) is 46.5 Å². The van der Waals surface area contributed by atoms with Gasteiger partial charge in [0.15, 0.2) is 0 Å². The van der Waals surface area contributed by atoms with E-state index in [0.717, 1.165) is 30.5 Å². The second-order valence-corrected chi connectivity index (χ2v) is 5.50. The van der Waals surface area contributed by atoms with Crippen molar-refractivity contribution in [1.29, 1.82) is 0 Å². The van der Waals surface area contributed by atoms with Crippen LogP contribution < -0.4 is 11.3 Å². The summed E-state index contributed by atoms with van der Waals surface area (Å²) < 4.78 is 6.65. The fourth-order valence-corrected chi connectivity index (χ4v) is 2.90. The number of rotatable bonds is 3. The number of ether oxygens (including phenoxy) is 1. The molecule has 0 bridgehead atoms. The van der Waals surface area contributed by atoms with Gasteiger partial charge >= 0.3 is 0 Å². The van der Waals surface area contributed by atoms with Crippen molar-refractivity contribution < 1.29 is 4.74 Å². The van der Waals surface area contributed by atoms with Crippen LogP contribution in [0.1, 0.15) is 30.0 Å². The Morgan fingerprint density at radius 1 is 1.53 bits per heavy atom. The lowest BCUT2D eigenvalue weighted by Crippen LogP contribution is -2.37. The van der Waals surface area contributed by atoms with Gasteiger partial charge < -0.3 is 4.74 Å². The van der Waals surface area contributed by atoms with E-state index in [0.29, 0.717) is 5.92 Å². The fourth-order valence-electron chi connectivity index (χ4n) is 2.41. The van der Waals surface area contributed by atoms with Gasteiger partial charge in [-0.1, -0.05) is 33.6 Å². The molecule has 3 N–H and O–H groups in total. The van der Waals surface area contributed by atoms with Crippen molar-refractivity contribution >= 4 is 15.9 Å². The lowest BCUT2D eigenvalue weighted by Gasteiger charge is -2.30. The number of hydrogen-bond donors (Lipinski definition) is 2. The van der Waals surface area contributed by atoms with Crippen molar-refractivity contribution in [3.8, 4) is 0 Å². The summed E-state index contributed by atoms with van der Waals surface area (Å²) in [4.78, 5) is 0. The molecule has 1 aliphatic rings. The number of halogens is 1. The normalized spacial score (nSPS) is 22.4. The summed E-state index contributed by atoms with van der Waals surface area (Å²) >= 11 is 3.60. The molecule has 94 valence electrons. The summed E-state index contributed by atoms with van der Waals surface area (Å²) in [7, 11) is 0. The van der Waals surface area contributed by atoms with Crippen molar-refractivity contribution in [3.63, 3.8) is 0 Å². The Bertz CT molecular complexity index is 378. The first-order chi connectivity index (χ1) is 8.22. The minimum Gasteiger partial charge on any atom is -0.381 e. The van der Waals surface area contributed by atoms with Gasteiger partial charge in [-0.25, -0.2) is 0 Å². The number of aryl methyl sites for hydroxylation is 1. The molecule has 0 amide bonds. The van der Waals surface area contributed by atoms with Gasteiger partial charge in [0.2, 0.25) is 0 Å². The predicted molar refractivity (Wildman–Crippen MR) is 72.5 cm³/mol. The van der Waals surface area contributed by atoms with E-state index in [9.17, 15) is 0 Å². The van der Waals surface area contributed by atoms with Crippen LogP contribution in [0.25, 0.3) is 0 Å². The van der Waals surface area contributed by atoms with Gasteiger partial charge in [-0.2, -0.15) is 0 Å². The summed E-state index contributed by atoms with van der Waals surface area (Å²) in [6.07, 6.45) is 2.28. The Hall–Kier alpha value is -0.420. The number of hydrogen-bond acceptors (Lipinski definition) is 3. The molecule has 0 radical (unpaired) electrons. The zero-order valence-corrected chi connectivity index (χ0v) is 11.7. The van der Waals surface area contributed by atoms with Crippen molar-refractivity contribution in [2.24, 2.45) is 11.8 Å². The third-order valence-corrected chi connectivity index (χ3v) is 4.06. The Balaban J connectivity index is 2.24. The predicted octanol–water partition coefficient (Wildman–Crippen LogP) is 2.69. The van der Waals surface area contributed by atoms with Gasteiger partial charge in [-0.3, -0.25) is 11.3 Å². The highest BCUT2D eigenvalue weighted by molar-refractivity contribution is 9.10. The summed E-state index contributed by atoms with van der Waals surface area (Å²) in [5.41, 5.74) is 5.42. The molecular weight excluding hydrogens is 280 g/mol. The van der Waals surface area contributed by atoms with Crippen LogP contribution in [-0.4, -0.2) is 13.2 Å². The van der Waals surface area contributed by atoms with Crippen LogP contribution in [0.15, 0.2) is 22.7 Å². The molecule has 1 aromatic rings. The maximum absolute atomic E-state index is 5.73. The van der Waals surface area contributed by atoms with Crippen LogP contribution in [-0.2, 0) is 4.74 Å². The van der Waals surface area contributed by atoms with Gasteiger partial charge in [0.05, 0.1) is 12.6 Å². The molecular formula is C13H19BrN2O. The third kappa shape index (κ3) is 3.07. The quantitative estimate of drug-likeness (QED) is 0.666. The average molecular weight is 299 g/mol. The van der Waals surface area contributed by atoms with Crippen LogP contribution in [0.4, 0.5) is 0 Å². The van der Waals surface area contributed by atoms with Crippen LogP contribution in [0, 0.1) is 12.8 Å². The summed E-state index contributed by atoms with van der Waals surface area (Å²) in [5.74, 6) is 6.18. The van der Waals surface area contributed by atoms with E-state index in [1.807, 2.05) is 0 Å². The molecule has 0 spiro atoms. The molecule has 0 aliphatic carbocycles. The van der Waals surface area contributed by atoms with E-state index in [4.69, 9.17) is 10.6 Å². The van der Waals surface area contributed by atoms with Crippen LogP contribution in [0.2, 0.25) is 0 Å². The van der Waals surface area contributed by atoms with E-state index in [-0.39, 0.29) is 6.04 Å². The smallest absolute Gasteiger partial charge is 0.0521 e. The van der Waals surface area contributed by atoms with Crippen LogP contribution >= 0.6 is 15.9 Å². The van der Waals surface area contributed by atoms with Crippen LogP contribution in [0.3, 0.4) is 0 Å². The van der Waals surface area contributed by atoms with Gasteiger partial charge in [0.1, 0.15) is 0 Å². The highest BCUT2D eigenvalue weighted by atomic mass is 79.9. The molecule has 1 heterocycles. The zero-order chi connectivity index (χ0) is 12.3. The lowest BCUT2D eigenvalue weighted by molar-refractivity contribution is 0.0389. The number of hydrazine groups is 1. The molecule has 1 aromatic carbocycles. The summed E-state index contributed by atoms with van der Waals surface area (Å²) in [6.45, 7) is 3.76. The van der Waals surface area contributed by atoms with E-state index >= 15 is 0 Å². The Kier molecular flexibility index (Phi) is 4.56. The number of nitrogens with two attached hydrogens (primary N) is 1. The first-order valence-electron chi connectivity index (χ1n) is 6.02. The minimum atomic E-state index is 0.157. The van der Waals surface area contributed by atoms with Crippen LogP contribution in [0.5, 0.6) is 0 Å². The zero-order valence-electron chi connectivity index (χ0n) is 10.1. The standard InChI is InChI=1S/C13H19BrN2O/c1-9-4-5-12(14)11(7-9)13(16-15)10-3-2-6-17-8-10/h4-5,7,10,13,16H,2-3,6,8,15H2,1H3. The van der Waals surface area contributed by atoms with E-state index in [1.54, 1.807) is 0 Å². The van der Waals surface area contributed by atoms with E-state index in [1.165, 1.54) is 11.1 Å². The fraction of sp³-hybridized carbons (Fsp3) is 0.538. The van der Waals surface area contributed by atoms with Gasteiger partial charge in [0, 0.05) is 17.0 Å². The molecule has 1 saturated heterocycles. The maximum Gasteiger partial charge on any atom is 0.0521 e. The van der Waals surface area contributed by atoms with Crippen molar-refractivity contribution in [2.75, 3.05) is 13.2 Å². The molecule has 0 saturated carbocycles. The Morgan fingerprint density at radius 2 is 2.35 bits per heavy atom. The first kappa shape index (κ1) is 13.0. The molecule has 2 rings (SSSR count). The van der Waals surface area contributed by atoms with Gasteiger partial charge in [-0.05, 0) is 31.4 Å². The van der Waals surface area contributed by atoms with E-state index < -0.39 is 0 Å². The molecule has 17 heavy (non-hydrogen) atoms. The molecule has 2 unspecified atom stereocenters. The lowest BCUT2D eigenvalue weighted by atomic mass is 9.88. The third-order valence-electron chi connectivity index (χ3n) is 3.33. The van der Waals surface area contributed by atoms with Crippen molar-refractivity contribution in [3.05, 3.63) is 33.8 Å². The Labute approximate surface area is 111 Å². The van der Waals surface area contributed by atoms with Gasteiger partial charge in [0.25, 0.3) is 0 Å². The van der Waals surface area contributed by atoms with Crippen molar-refractivity contribution in [1.82, 2.24) is 5.43 Å². The second kappa shape index (κ2) is 5.96. The van der Waals surface area contributed by atoms with Gasteiger partial charge in [-0.15, -0.1) is 0 Å². The molecule has 4 heteroatoms. The molecule has 1 aliphatic heterocycles. The highest BCUT2D eigenvalue weighted by Crippen LogP contribution is 2.33. The number of benzene rings is 1. The Morgan fingerprint density at radius 3 is 3.00 bits per heavy atom. The SMILES string of the molecule is Cc1ccc(Br)c(C(NN)C2CCCOC2)c1. The topological polar surface area (TPSA) is 47.3 Å². The second-order valence-electron chi connectivity index (χ2n) is 4.65. The maximum atomic E-state index is 5.73. The molecule has 3 nitrogen and oxygen atoms in total. The molecule has 0 aromatic heterocycles. The minimum absolute atomic E-state index is 0.157. The summed E-state index contributed by atoms with van der Waals surface area (Å²) in [5, 5.41) is 0. The molecule has 2 atom stereocenters. The monoisotopic (exact) mass is 298 g/mol. The van der Waals surface area contributed by atoms with Crippen molar-refractivity contribution in [2.45, 2.75) is 25.8 Å². The molecule has 1 fully saturated rings. The largest absolute Gasteiger partial charge is 0.381 e. The first-order valence-corrected chi connectivity index (χ1v) is 6.81. The average Bonchev–Trinajstić information content (AvgIpc) is 2.36. The summed E-state index contributed by atoms with van der Waals surface area (Å²) in [6, 6.07) is 6.52.